The van der Waals surface area contributed by atoms with Crippen LogP contribution in [0.3, 0.4) is 0 Å². The van der Waals surface area contributed by atoms with E-state index in [1.54, 1.807) is 12.1 Å². The van der Waals surface area contributed by atoms with Gasteiger partial charge in [0.2, 0.25) is 0 Å². The van der Waals surface area contributed by atoms with Gasteiger partial charge in [-0.15, -0.1) is 0 Å². The van der Waals surface area contributed by atoms with Gasteiger partial charge >= 0.3 is 0 Å². The average Bonchev–Trinajstić information content (AvgIpc) is 2.62. The molecule has 2 aliphatic carbocycles. The van der Waals surface area contributed by atoms with E-state index < -0.39 is 4.92 Å². The second-order valence-electron chi connectivity index (χ2n) is 9.01. The predicted octanol–water partition coefficient (Wildman–Crippen LogP) is 7.14. The zero-order valence-corrected chi connectivity index (χ0v) is 17.1. The van der Waals surface area contributed by atoms with Crippen LogP contribution in [0.15, 0.2) is 42.5 Å². The summed E-state index contributed by atoms with van der Waals surface area (Å²) in [5.41, 5.74) is 1.50. The average molecular weight is 400 g/mol. The van der Waals surface area contributed by atoms with Gasteiger partial charge in [-0.05, 0) is 85.1 Å². The molecule has 2 atom stereocenters. The predicted molar refractivity (Wildman–Crippen MR) is 111 cm³/mol. The van der Waals surface area contributed by atoms with Gasteiger partial charge in [-0.2, -0.15) is 0 Å². The maximum absolute atomic E-state index is 10.8. The van der Waals surface area contributed by atoms with E-state index in [4.69, 9.17) is 16.3 Å². The summed E-state index contributed by atoms with van der Waals surface area (Å²) < 4.78 is 5.85. The lowest BCUT2D eigenvalue weighted by Gasteiger charge is -2.47. The number of hydrogen-bond acceptors (Lipinski definition) is 3. The van der Waals surface area contributed by atoms with E-state index in [1.165, 1.54) is 49.8 Å². The van der Waals surface area contributed by atoms with Crippen molar-refractivity contribution in [1.82, 2.24) is 0 Å². The van der Waals surface area contributed by atoms with Crippen LogP contribution in [0.25, 0.3) is 0 Å². The molecule has 2 fully saturated rings. The van der Waals surface area contributed by atoms with Crippen molar-refractivity contribution in [2.75, 3.05) is 0 Å². The Labute approximate surface area is 171 Å². The molecule has 2 bridgehead atoms. The molecule has 4 rings (SSSR count). The van der Waals surface area contributed by atoms with Crippen molar-refractivity contribution in [3.05, 3.63) is 63.2 Å². The molecule has 0 radical (unpaired) electrons. The summed E-state index contributed by atoms with van der Waals surface area (Å²) >= 11 is 6.55. The quantitative estimate of drug-likeness (QED) is 0.405. The Kier molecular flexibility index (Phi) is 5.09. The lowest BCUT2D eigenvalue weighted by molar-refractivity contribution is -0.384. The van der Waals surface area contributed by atoms with Gasteiger partial charge in [-0.25, -0.2) is 0 Å². The van der Waals surface area contributed by atoms with Gasteiger partial charge < -0.3 is 4.74 Å². The molecule has 5 heteroatoms. The third-order valence-corrected chi connectivity index (χ3v) is 6.82. The highest BCUT2D eigenvalue weighted by Crippen LogP contribution is 2.52. The van der Waals surface area contributed by atoms with Crippen LogP contribution in [0.2, 0.25) is 5.02 Å². The van der Waals surface area contributed by atoms with Crippen molar-refractivity contribution < 1.29 is 9.66 Å². The third kappa shape index (κ3) is 3.88. The molecule has 0 aromatic heterocycles. The molecule has 28 heavy (non-hydrogen) atoms. The molecule has 0 saturated heterocycles. The Balaban J connectivity index is 1.52. The van der Waals surface area contributed by atoms with Crippen LogP contribution >= 0.6 is 11.6 Å². The SMILES string of the molecule is CC1CC2CC(C1)CC(C)(c1ccc(Oc3ccc([N+](=O)[O-])cc3)c(Cl)c1)C2. The highest BCUT2D eigenvalue weighted by atomic mass is 35.5. The van der Waals surface area contributed by atoms with Crippen LogP contribution in [0.4, 0.5) is 5.69 Å². The Morgan fingerprint density at radius 2 is 1.71 bits per heavy atom. The van der Waals surface area contributed by atoms with E-state index in [0.29, 0.717) is 16.5 Å². The second kappa shape index (κ2) is 7.40. The van der Waals surface area contributed by atoms with Gasteiger partial charge in [-0.3, -0.25) is 10.1 Å². The molecule has 2 unspecified atom stereocenters. The number of nitro groups is 1. The van der Waals surface area contributed by atoms with Crippen molar-refractivity contribution in [3.63, 3.8) is 0 Å². The monoisotopic (exact) mass is 399 g/mol. The maximum atomic E-state index is 10.8. The summed E-state index contributed by atoms with van der Waals surface area (Å²) in [7, 11) is 0. The first-order valence-electron chi connectivity index (χ1n) is 10.0. The van der Waals surface area contributed by atoms with Crippen LogP contribution < -0.4 is 4.74 Å². The van der Waals surface area contributed by atoms with E-state index in [2.05, 4.69) is 19.9 Å². The minimum Gasteiger partial charge on any atom is -0.456 e. The zero-order valence-electron chi connectivity index (χ0n) is 16.4. The summed E-state index contributed by atoms with van der Waals surface area (Å²) in [5, 5.41) is 11.4. The largest absolute Gasteiger partial charge is 0.456 e. The van der Waals surface area contributed by atoms with Gasteiger partial charge in [0.1, 0.15) is 11.5 Å². The van der Waals surface area contributed by atoms with Crippen LogP contribution in [-0.4, -0.2) is 4.92 Å². The van der Waals surface area contributed by atoms with Gasteiger partial charge in [0, 0.05) is 12.1 Å². The van der Waals surface area contributed by atoms with E-state index in [0.717, 1.165) is 17.8 Å². The Hall–Kier alpha value is -2.07. The first-order chi connectivity index (χ1) is 13.3. The molecular formula is C23H26ClNO3. The third-order valence-electron chi connectivity index (χ3n) is 6.52. The highest BCUT2D eigenvalue weighted by molar-refractivity contribution is 6.32. The number of benzene rings is 2. The number of fused-ring (bicyclic) bond motifs is 2. The molecule has 2 aromatic carbocycles. The van der Waals surface area contributed by atoms with Gasteiger partial charge in [0.05, 0.1) is 9.95 Å². The summed E-state index contributed by atoms with van der Waals surface area (Å²) in [4.78, 5) is 10.4. The number of ether oxygens (including phenoxy) is 1. The lowest BCUT2D eigenvalue weighted by atomic mass is 9.57. The minimum atomic E-state index is -0.424. The number of hydrogen-bond donors (Lipinski definition) is 0. The number of nitrogens with zero attached hydrogens (tertiary/aromatic N) is 1. The van der Waals surface area contributed by atoms with Gasteiger partial charge in [0.15, 0.2) is 0 Å². The van der Waals surface area contributed by atoms with Gasteiger partial charge in [-0.1, -0.05) is 31.5 Å². The summed E-state index contributed by atoms with van der Waals surface area (Å²) in [6, 6.07) is 12.2. The molecule has 4 nitrogen and oxygen atoms in total. The van der Waals surface area contributed by atoms with Crippen molar-refractivity contribution in [1.29, 1.82) is 0 Å². The summed E-state index contributed by atoms with van der Waals surface area (Å²) in [5.74, 6) is 3.61. The second-order valence-corrected chi connectivity index (χ2v) is 9.42. The van der Waals surface area contributed by atoms with Crippen LogP contribution in [0.1, 0.15) is 51.5 Å². The smallest absolute Gasteiger partial charge is 0.269 e. The van der Waals surface area contributed by atoms with E-state index in [9.17, 15) is 10.1 Å². The van der Waals surface area contributed by atoms with Crippen molar-refractivity contribution in [2.24, 2.45) is 17.8 Å². The van der Waals surface area contributed by atoms with E-state index in [1.807, 2.05) is 12.1 Å². The molecule has 0 aliphatic heterocycles. The Morgan fingerprint density at radius 1 is 1.07 bits per heavy atom. The molecule has 2 saturated carbocycles. The van der Waals surface area contributed by atoms with Crippen molar-refractivity contribution in [2.45, 2.75) is 51.4 Å². The van der Waals surface area contributed by atoms with Crippen LogP contribution in [0.5, 0.6) is 11.5 Å². The van der Waals surface area contributed by atoms with E-state index in [-0.39, 0.29) is 11.1 Å². The maximum Gasteiger partial charge on any atom is 0.269 e. The van der Waals surface area contributed by atoms with Crippen LogP contribution in [0, 0.1) is 27.9 Å². The highest BCUT2D eigenvalue weighted by Gasteiger charge is 2.41. The number of nitro benzene ring substituents is 1. The van der Waals surface area contributed by atoms with E-state index >= 15 is 0 Å². The van der Waals surface area contributed by atoms with Crippen molar-refractivity contribution in [3.8, 4) is 11.5 Å². The molecule has 0 spiro atoms. The molecule has 0 N–H and O–H groups in total. The molecular weight excluding hydrogens is 374 g/mol. The first kappa shape index (κ1) is 19.3. The lowest BCUT2D eigenvalue weighted by Crippen LogP contribution is -2.38. The summed E-state index contributed by atoms with van der Waals surface area (Å²) in [6.07, 6.45) is 6.54. The fourth-order valence-electron chi connectivity index (χ4n) is 5.55. The summed E-state index contributed by atoms with van der Waals surface area (Å²) in [6.45, 7) is 4.77. The molecule has 2 aliphatic rings. The topological polar surface area (TPSA) is 52.4 Å². The minimum absolute atomic E-state index is 0.0406. The first-order valence-corrected chi connectivity index (χ1v) is 10.4. The zero-order chi connectivity index (χ0) is 19.9. The normalized spacial score (nSPS) is 29.3. The van der Waals surface area contributed by atoms with Gasteiger partial charge in [0.25, 0.3) is 5.69 Å². The number of halogens is 1. The molecule has 148 valence electrons. The van der Waals surface area contributed by atoms with Crippen LogP contribution in [-0.2, 0) is 5.41 Å². The number of rotatable bonds is 4. The fourth-order valence-corrected chi connectivity index (χ4v) is 5.77. The standard InChI is InChI=1S/C23H26ClNO3/c1-15-9-16-11-17(10-15)14-23(2,13-16)18-3-8-22(21(24)12-18)28-20-6-4-19(5-7-20)25(26)27/h3-8,12,15-17H,9-11,13-14H2,1-2H3. The number of non-ortho nitro benzene ring substituents is 1. The Bertz CT molecular complexity index is 862. The molecule has 0 amide bonds. The van der Waals surface area contributed by atoms with Crippen molar-refractivity contribution >= 4 is 17.3 Å². The molecule has 2 aromatic rings. The molecule has 0 heterocycles. The fraction of sp³-hybridized carbons (Fsp3) is 0.478. The Morgan fingerprint density at radius 3 is 2.29 bits per heavy atom.